The molecule has 3 aromatic heterocycles. The maximum Gasteiger partial charge on any atom is 0.120 e. The minimum Gasteiger partial charge on any atom is -0.501 e. The van der Waals surface area contributed by atoms with Crippen molar-refractivity contribution in [3.05, 3.63) is 224 Å². The maximum atomic E-state index is 9.01. The number of furan rings is 1. The van der Waals surface area contributed by atoms with Crippen LogP contribution in [-0.2, 0) is 31.9 Å². The molecule has 6 heteroatoms. The fourth-order valence-electron chi connectivity index (χ4n) is 9.43. The van der Waals surface area contributed by atoms with Gasteiger partial charge in [0.05, 0.1) is 28.1 Å². The first kappa shape index (κ1) is 46.4. The number of benzene rings is 8. The maximum absolute atomic E-state index is 9.01. The first-order valence-electron chi connectivity index (χ1n) is 25.2. The fourth-order valence-corrected chi connectivity index (χ4v) is 12.0. The van der Waals surface area contributed by atoms with E-state index in [2.05, 4.69) is 184 Å². The third-order valence-electron chi connectivity index (χ3n) is 13.1. The summed E-state index contributed by atoms with van der Waals surface area (Å²) in [5.41, 5.74) is 13.2. The average molecular weight is 1120 g/mol. The predicted molar refractivity (Wildman–Crippen MR) is 297 cm³/mol. The molecule has 0 aliphatic heterocycles. The second-order valence-corrected chi connectivity index (χ2v) is 25.0. The molecular weight excluding hydrogens is 1060 g/mol. The van der Waals surface area contributed by atoms with Gasteiger partial charge in [-0.1, -0.05) is 204 Å². The van der Waals surface area contributed by atoms with Gasteiger partial charge >= 0.3 is 0 Å². The molecule has 11 rings (SSSR count). The Labute approximate surface area is 436 Å². The molecule has 0 saturated carbocycles. The zero-order valence-corrected chi connectivity index (χ0v) is 45.0. The number of rotatable bonds is 8. The van der Waals surface area contributed by atoms with Gasteiger partial charge in [0.25, 0.3) is 0 Å². The number of hydrogen-bond acceptors (Lipinski definition) is 3. The Morgan fingerprint density at radius 3 is 1.87 bits per heavy atom. The van der Waals surface area contributed by atoms with Gasteiger partial charge in [-0.15, -0.1) is 54.1 Å². The molecule has 0 atom stereocenters. The SMILES string of the molecule is CC(C)(C)c1cc(-c2ccccc2)c(-n2c(-c3[c-]ccc4c3oc3ccccc34)nc3ccccc32)c(-c2ccccc2)c1.[2H]C([2H])(c1cc(-c2[c-]cccc2)ncc1[Si](C)(C)c1ccccc1)C(C)(C)C.[Ir]. The van der Waals surface area contributed by atoms with E-state index in [9.17, 15) is 0 Å². The Morgan fingerprint density at radius 2 is 1.24 bits per heavy atom. The van der Waals surface area contributed by atoms with Crippen molar-refractivity contribution in [2.75, 3.05) is 0 Å². The third-order valence-corrected chi connectivity index (χ3v) is 16.6. The van der Waals surface area contributed by atoms with Gasteiger partial charge in [-0.3, -0.25) is 4.98 Å². The van der Waals surface area contributed by atoms with Crippen molar-refractivity contribution in [3.8, 4) is 50.6 Å². The zero-order chi connectivity index (χ0) is 50.4. The van der Waals surface area contributed by atoms with Crippen molar-refractivity contribution < 1.29 is 27.3 Å². The van der Waals surface area contributed by atoms with Crippen LogP contribution in [0.5, 0.6) is 0 Å². The number of fused-ring (bicyclic) bond motifs is 4. The van der Waals surface area contributed by atoms with E-state index in [1.165, 1.54) is 10.8 Å². The Hall–Kier alpha value is -6.95. The monoisotopic (exact) mass is 1120 g/mol. The van der Waals surface area contributed by atoms with Gasteiger partial charge in [0, 0.05) is 45.6 Å². The molecule has 3 heterocycles. The summed E-state index contributed by atoms with van der Waals surface area (Å²) in [5, 5.41) is 4.48. The zero-order valence-electron chi connectivity index (χ0n) is 43.6. The predicted octanol–water partition coefficient (Wildman–Crippen LogP) is 16.0. The standard InChI is InChI=1S/C41H31N2O.C24H28NSi.Ir/c1-41(2,3)29-25-33(27-15-6-4-7-16-27)38(34(26-29)28-17-8-5-9-18-28)43-36-23-12-11-22-35(36)42-40(43)32-21-14-20-31-30-19-10-13-24-37(30)44-39(31)32;1-24(2,3)17-20-16-22(19-12-8-6-9-13-19)25-18-23(20)26(4,5)21-14-10-7-11-15-21;/h4-20,22-26H,1-3H3;6-12,14-16,18H,17H2,1-5H3;/q2*-1;/i;17D2;. The van der Waals surface area contributed by atoms with Crippen molar-refractivity contribution in [2.24, 2.45) is 5.41 Å². The summed E-state index contributed by atoms with van der Waals surface area (Å²) in [7, 11) is -2.13. The van der Waals surface area contributed by atoms with Crippen LogP contribution in [0.4, 0.5) is 0 Å². The van der Waals surface area contributed by atoms with Gasteiger partial charge in [0.15, 0.2) is 0 Å². The fraction of sp³-hybridized carbons (Fsp3) is 0.169. The topological polar surface area (TPSA) is 43.9 Å². The number of para-hydroxylation sites is 3. The second-order valence-electron chi connectivity index (χ2n) is 20.6. The van der Waals surface area contributed by atoms with E-state index in [-0.39, 0.29) is 25.5 Å². The van der Waals surface area contributed by atoms with Crippen LogP contribution < -0.4 is 10.4 Å². The molecule has 0 unspecified atom stereocenters. The quantitative estimate of drug-likeness (QED) is 0.112. The van der Waals surface area contributed by atoms with Gasteiger partial charge in [-0.2, -0.15) is 0 Å². The Balaban J connectivity index is 0.000000196. The molecule has 0 aliphatic rings. The van der Waals surface area contributed by atoms with Crippen LogP contribution in [0.15, 0.2) is 205 Å². The van der Waals surface area contributed by atoms with E-state index in [1.807, 2.05) is 87.6 Å². The van der Waals surface area contributed by atoms with Crippen molar-refractivity contribution in [3.63, 3.8) is 0 Å². The molecular formula is C65H59IrN3OSi-2. The molecule has 0 bridgehead atoms. The molecule has 0 fully saturated rings. The van der Waals surface area contributed by atoms with Gasteiger partial charge in [-0.05, 0) is 75.1 Å². The van der Waals surface area contributed by atoms with Crippen LogP contribution >= 0.6 is 0 Å². The summed E-state index contributed by atoms with van der Waals surface area (Å²) in [6.45, 7) is 17.3. The molecule has 11 aromatic rings. The van der Waals surface area contributed by atoms with E-state index >= 15 is 0 Å². The molecule has 0 saturated heterocycles. The minimum atomic E-state index is -2.13. The van der Waals surface area contributed by atoms with E-state index in [0.717, 1.165) is 94.3 Å². The van der Waals surface area contributed by atoms with Crippen LogP contribution in [-0.4, -0.2) is 22.6 Å². The molecule has 0 N–H and O–H groups in total. The third kappa shape index (κ3) is 10.0. The van der Waals surface area contributed by atoms with Crippen LogP contribution in [0.2, 0.25) is 13.1 Å². The first-order chi connectivity index (χ1) is 34.5. The summed E-state index contributed by atoms with van der Waals surface area (Å²) in [4.78, 5) is 10.0. The summed E-state index contributed by atoms with van der Waals surface area (Å²) in [5.74, 6) is 0.800. The minimum absolute atomic E-state index is 0. The van der Waals surface area contributed by atoms with Crippen LogP contribution in [0.25, 0.3) is 83.6 Å². The molecule has 8 aromatic carbocycles. The van der Waals surface area contributed by atoms with Crippen LogP contribution in [0.1, 0.15) is 55.4 Å². The summed E-state index contributed by atoms with van der Waals surface area (Å²) >= 11 is 0. The summed E-state index contributed by atoms with van der Waals surface area (Å²) < 4.78 is 26.9. The van der Waals surface area contributed by atoms with Crippen molar-refractivity contribution in [2.45, 2.75) is 66.4 Å². The van der Waals surface area contributed by atoms with Crippen molar-refractivity contribution >= 4 is 51.4 Å². The normalized spacial score (nSPS) is 12.5. The Bertz CT molecular complexity index is 3650. The van der Waals surface area contributed by atoms with Crippen LogP contribution in [0, 0.1) is 17.5 Å². The summed E-state index contributed by atoms with van der Waals surface area (Å²) in [6, 6.07) is 73.6. The largest absolute Gasteiger partial charge is 0.501 e. The number of hydrogen-bond donors (Lipinski definition) is 0. The van der Waals surface area contributed by atoms with Gasteiger partial charge in [0.1, 0.15) is 13.7 Å². The molecule has 355 valence electrons. The van der Waals surface area contributed by atoms with E-state index in [0.29, 0.717) is 0 Å². The van der Waals surface area contributed by atoms with Gasteiger partial charge < -0.3 is 14.0 Å². The van der Waals surface area contributed by atoms with Gasteiger partial charge in [-0.25, -0.2) is 0 Å². The molecule has 0 spiro atoms. The number of imidazole rings is 1. The van der Waals surface area contributed by atoms with E-state index < -0.39 is 19.9 Å². The Kier molecular flexibility index (Phi) is 13.1. The average Bonchev–Trinajstić information content (AvgIpc) is 3.98. The van der Waals surface area contributed by atoms with Crippen LogP contribution in [0.3, 0.4) is 0 Å². The number of nitrogens with zero attached hydrogens (tertiary/aromatic N) is 3. The first-order valence-corrected chi connectivity index (χ1v) is 27.2. The van der Waals surface area contributed by atoms with Crippen molar-refractivity contribution in [1.82, 2.24) is 14.5 Å². The number of aromatic nitrogens is 3. The van der Waals surface area contributed by atoms with Crippen molar-refractivity contribution in [1.29, 1.82) is 0 Å². The molecule has 0 amide bonds. The van der Waals surface area contributed by atoms with Gasteiger partial charge in [0.2, 0.25) is 0 Å². The molecule has 71 heavy (non-hydrogen) atoms. The molecule has 1 radical (unpaired) electrons. The smallest absolute Gasteiger partial charge is 0.120 e. The summed E-state index contributed by atoms with van der Waals surface area (Å²) in [6.07, 6.45) is 0.419. The molecule has 4 nitrogen and oxygen atoms in total. The Morgan fingerprint density at radius 1 is 0.634 bits per heavy atom. The second kappa shape index (κ2) is 20.0. The number of pyridine rings is 1. The van der Waals surface area contributed by atoms with E-state index in [1.54, 1.807) is 0 Å². The molecule has 0 aliphatic carbocycles. The van der Waals surface area contributed by atoms with E-state index in [4.69, 9.17) is 17.1 Å².